The van der Waals surface area contributed by atoms with Gasteiger partial charge in [0.15, 0.2) is 0 Å². The van der Waals surface area contributed by atoms with Crippen molar-refractivity contribution in [3.8, 4) is 0 Å². The lowest BCUT2D eigenvalue weighted by atomic mass is 9.90. The van der Waals surface area contributed by atoms with Crippen molar-refractivity contribution >= 4 is 34.8 Å². The average molecular weight is 357 g/mol. The minimum absolute atomic E-state index is 0.0105. The van der Waals surface area contributed by atoms with Crippen molar-refractivity contribution in [1.82, 2.24) is 0 Å². The van der Waals surface area contributed by atoms with E-state index in [1.165, 1.54) is 0 Å². The molecule has 0 aromatic heterocycles. The van der Waals surface area contributed by atoms with Crippen molar-refractivity contribution in [1.29, 1.82) is 0 Å². The van der Waals surface area contributed by atoms with E-state index >= 15 is 0 Å². The van der Waals surface area contributed by atoms with Gasteiger partial charge in [-0.2, -0.15) is 0 Å². The van der Waals surface area contributed by atoms with E-state index in [9.17, 15) is 9.59 Å². The molecule has 2 amide bonds. The fourth-order valence-corrected chi connectivity index (χ4v) is 3.88. The summed E-state index contributed by atoms with van der Waals surface area (Å²) in [6.07, 6.45) is 0.654. The molecule has 0 saturated heterocycles. The minimum atomic E-state index is -0.167. The lowest BCUT2D eigenvalue weighted by molar-refractivity contribution is -0.117. The quantitative estimate of drug-likeness (QED) is 0.790. The highest BCUT2D eigenvalue weighted by molar-refractivity contribution is 6.30. The van der Waals surface area contributed by atoms with E-state index in [0.717, 1.165) is 16.9 Å². The number of hydrogen-bond donors (Lipinski definition) is 0. The number of benzene rings is 2. The summed E-state index contributed by atoms with van der Waals surface area (Å²) in [5.74, 6) is -0.0470. The van der Waals surface area contributed by atoms with E-state index < -0.39 is 0 Å². The first-order chi connectivity index (χ1) is 11.9. The third kappa shape index (κ3) is 3.27. The molecule has 2 atom stereocenters. The zero-order valence-corrected chi connectivity index (χ0v) is 15.3. The molecule has 5 heteroatoms. The van der Waals surface area contributed by atoms with Gasteiger partial charge >= 0.3 is 0 Å². The molecular weight excluding hydrogens is 336 g/mol. The van der Waals surface area contributed by atoms with Crippen LogP contribution < -0.4 is 9.80 Å². The van der Waals surface area contributed by atoms with Crippen LogP contribution in [0.1, 0.15) is 38.8 Å². The van der Waals surface area contributed by atoms with Crippen molar-refractivity contribution in [2.75, 3.05) is 9.80 Å². The van der Waals surface area contributed by atoms with E-state index in [4.69, 9.17) is 11.6 Å². The van der Waals surface area contributed by atoms with Crippen molar-refractivity contribution in [2.24, 2.45) is 0 Å². The van der Waals surface area contributed by atoms with Crippen LogP contribution in [0.4, 0.5) is 11.4 Å². The van der Waals surface area contributed by atoms with Crippen molar-refractivity contribution in [3.63, 3.8) is 0 Å². The maximum atomic E-state index is 12.5. The summed E-state index contributed by atoms with van der Waals surface area (Å²) in [5, 5.41) is 0.596. The van der Waals surface area contributed by atoms with E-state index in [1.807, 2.05) is 49.4 Å². The summed E-state index contributed by atoms with van der Waals surface area (Å²) in [6, 6.07) is 14.9. The van der Waals surface area contributed by atoms with Gasteiger partial charge in [-0.3, -0.25) is 9.59 Å². The number of rotatable bonds is 2. The molecule has 1 aliphatic rings. The Hall–Kier alpha value is -2.33. The molecule has 0 unspecified atom stereocenters. The van der Waals surface area contributed by atoms with Gasteiger partial charge in [-0.25, -0.2) is 0 Å². The second kappa shape index (κ2) is 6.89. The molecule has 3 rings (SSSR count). The molecule has 130 valence electrons. The van der Waals surface area contributed by atoms with Gasteiger partial charge in [0.25, 0.3) is 0 Å². The van der Waals surface area contributed by atoms with Crippen LogP contribution in [0.25, 0.3) is 0 Å². The Bertz CT molecular complexity index is 807. The number of anilines is 2. The number of carbonyl (C=O) groups is 2. The minimum Gasteiger partial charge on any atom is -0.309 e. The molecule has 1 aliphatic heterocycles. The molecule has 4 nitrogen and oxygen atoms in total. The first kappa shape index (κ1) is 17.5. The lowest BCUT2D eigenvalue weighted by Crippen LogP contribution is -2.46. The molecule has 0 saturated carbocycles. The average Bonchev–Trinajstić information content (AvgIpc) is 2.55. The Morgan fingerprint density at radius 2 is 1.80 bits per heavy atom. The summed E-state index contributed by atoms with van der Waals surface area (Å²) in [5.41, 5.74) is 2.57. The molecule has 1 heterocycles. The van der Waals surface area contributed by atoms with Gasteiger partial charge in [-0.15, -0.1) is 0 Å². The number of nitrogens with zero attached hydrogens (tertiary/aromatic N) is 2. The van der Waals surface area contributed by atoms with Gasteiger partial charge in [0, 0.05) is 41.9 Å². The van der Waals surface area contributed by atoms with E-state index in [2.05, 4.69) is 0 Å². The molecule has 0 bridgehead atoms. The Morgan fingerprint density at radius 3 is 2.40 bits per heavy atom. The molecule has 25 heavy (non-hydrogen) atoms. The number of hydrogen-bond acceptors (Lipinski definition) is 2. The first-order valence-corrected chi connectivity index (χ1v) is 8.72. The van der Waals surface area contributed by atoms with E-state index in [1.54, 1.807) is 29.7 Å². The fourth-order valence-electron chi connectivity index (χ4n) is 3.70. The Morgan fingerprint density at radius 1 is 1.12 bits per heavy atom. The van der Waals surface area contributed by atoms with Gasteiger partial charge in [-0.1, -0.05) is 29.8 Å². The van der Waals surface area contributed by atoms with Crippen molar-refractivity contribution in [3.05, 3.63) is 59.1 Å². The summed E-state index contributed by atoms with van der Waals surface area (Å²) in [7, 11) is 0. The maximum absolute atomic E-state index is 12.5. The van der Waals surface area contributed by atoms with Crippen molar-refractivity contribution < 1.29 is 9.59 Å². The number of fused-ring (bicyclic) bond motifs is 1. The van der Waals surface area contributed by atoms with Crippen LogP contribution >= 0.6 is 11.6 Å². The summed E-state index contributed by atoms with van der Waals surface area (Å²) in [6.45, 7) is 5.14. The fraction of sp³-hybridized carbons (Fsp3) is 0.300. The van der Waals surface area contributed by atoms with Crippen LogP contribution in [0.3, 0.4) is 0 Å². The van der Waals surface area contributed by atoms with Crippen LogP contribution in [0.15, 0.2) is 48.5 Å². The lowest BCUT2D eigenvalue weighted by Gasteiger charge is -2.43. The highest BCUT2D eigenvalue weighted by Gasteiger charge is 2.37. The number of amides is 2. The van der Waals surface area contributed by atoms with Gasteiger partial charge < -0.3 is 9.80 Å². The number of halogens is 1. The van der Waals surface area contributed by atoms with Gasteiger partial charge in [0.05, 0.1) is 6.04 Å². The van der Waals surface area contributed by atoms with Gasteiger partial charge in [0.1, 0.15) is 0 Å². The van der Waals surface area contributed by atoms with Crippen LogP contribution in [-0.4, -0.2) is 17.9 Å². The molecule has 0 fully saturated rings. The molecular formula is C20H21ClN2O2. The SMILES string of the molecule is CC(=O)N1c2ccc(Cl)cc2[C@@H](N(C(C)=O)c2ccccc2)C[C@@H]1C. The normalized spacial score (nSPS) is 19.3. The second-order valence-electron chi connectivity index (χ2n) is 6.42. The third-order valence-corrected chi connectivity index (χ3v) is 4.87. The standard InChI is InChI=1S/C20H21ClN2O2/c1-13-11-20(23(15(3)25)17-7-5-4-6-8-17)18-12-16(21)9-10-19(18)22(13)14(2)24/h4-10,12-13,20H,11H2,1-3H3/t13-,20-/m0/s1. The molecule has 0 spiro atoms. The number of carbonyl (C=O) groups excluding carboxylic acids is 2. The molecule has 0 aliphatic carbocycles. The second-order valence-corrected chi connectivity index (χ2v) is 6.85. The highest BCUT2D eigenvalue weighted by Crippen LogP contribution is 2.43. The van der Waals surface area contributed by atoms with E-state index in [-0.39, 0.29) is 23.9 Å². The van der Waals surface area contributed by atoms with Crippen LogP contribution in [0.5, 0.6) is 0 Å². The molecule has 0 N–H and O–H groups in total. The predicted octanol–water partition coefficient (Wildman–Crippen LogP) is 4.58. The molecule has 2 aromatic carbocycles. The van der Waals surface area contributed by atoms with Gasteiger partial charge in [-0.05, 0) is 43.7 Å². The zero-order chi connectivity index (χ0) is 18.1. The summed E-state index contributed by atoms with van der Waals surface area (Å²) < 4.78 is 0. The Labute approximate surface area is 153 Å². The number of para-hydroxylation sites is 1. The van der Waals surface area contributed by atoms with Crippen molar-refractivity contribution in [2.45, 2.75) is 39.3 Å². The Balaban J connectivity index is 2.15. The largest absolute Gasteiger partial charge is 0.309 e. The smallest absolute Gasteiger partial charge is 0.224 e. The molecule has 2 aromatic rings. The molecule has 0 radical (unpaired) electrons. The maximum Gasteiger partial charge on any atom is 0.224 e. The monoisotopic (exact) mass is 356 g/mol. The third-order valence-electron chi connectivity index (χ3n) is 4.64. The first-order valence-electron chi connectivity index (χ1n) is 8.34. The van der Waals surface area contributed by atoms with Crippen LogP contribution in [0, 0.1) is 0 Å². The van der Waals surface area contributed by atoms with Crippen LogP contribution in [0.2, 0.25) is 5.02 Å². The topological polar surface area (TPSA) is 40.6 Å². The summed E-state index contributed by atoms with van der Waals surface area (Å²) in [4.78, 5) is 28.2. The summed E-state index contributed by atoms with van der Waals surface area (Å²) >= 11 is 6.23. The van der Waals surface area contributed by atoms with E-state index in [0.29, 0.717) is 11.4 Å². The van der Waals surface area contributed by atoms with Gasteiger partial charge in [0.2, 0.25) is 11.8 Å². The zero-order valence-electron chi connectivity index (χ0n) is 14.6. The predicted molar refractivity (Wildman–Crippen MR) is 101 cm³/mol. The Kier molecular flexibility index (Phi) is 4.82. The van der Waals surface area contributed by atoms with Crippen LogP contribution in [-0.2, 0) is 9.59 Å². The highest BCUT2D eigenvalue weighted by atomic mass is 35.5.